The van der Waals surface area contributed by atoms with E-state index in [-0.39, 0.29) is 18.8 Å². The van der Waals surface area contributed by atoms with Crippen molar-refractivity contribution in [1.82, 2.24) is 4.90 Å². The predicted molar refractivity (Wildman–Crippen MR) is 45.2 cm³/mol. The van der Waals surface area contributed by atoms with E-state index in [4.69, 9.17) is 22.0 Å². The number of aliphatic carboxylic acids is 1. The van der Waals surface area contributed by atoms with E-state index in [2.05, 4.69) is 0 Å². The monoisotopic (exact) mass is 204 g/mol. The van der Waals surface area contributed by atoms with Crippen LogP contribution in [0.4, 0.5) is 0 Å². The van der Waals surface area contributed by atoms with Gasteiger partial charge in [-0.3, -0.25) is 9.59 Å². The molecule has 0 heterocycles. The Morgan fingerprint density at radius 3 is 2.54 bits per heavy atom. The molecule has 0 aromatic heterocycles. The van der Waals surface area contributed by atoms with Crippen molar-refractivity contribution in [3.8, 4) is 6.07 Å². The second-order valence-corrected chi connectivity index (χ2v) is 2.52. The van der Waals surface area contributed by atoms with Crippen LogP contribution in [0.5, 0.6) is 0 Å². The predicted octanol–water partition coefficient (Wildman–Crippen LogP) is 0.0521. The zero-order valence-electron chi connectivity index (χ0n) is 6.86. The lowest BCUT2D eigenvalue weighted by molar-refractivity contribution is -0.143. The summed E-state index contributed by atoms with van der Waals surface area (Å²) in [6, 6.07) is 1.82. The number of carbonyl (C=O) groups is 2. The number of nitriles is 1. The molecule has 0 atom stereocenters. The molecule has 72 valence electrons. The van der Waals surface area contributed by atoms with Gasteiger partial charge >= 0.3 is 5.97 Å². The van der Waals surface area contributed by atoms with Gasteiger partial charge in [0, 0.05) is 6.54 Å². The SMILES string of the molecule is N#CCCN(CC(=O)O)C(=O)CCl. The second kappa shape index (κ2) is 6.26. The number of hydrogen-bond acceptors (Lipinski definition) is 3. The van der Waals surface area contributed by atoms with Gasteiger partial charge in [0.25, 0.3) is 0 Å². The summed E-state index contributed by atoms with van der Waals surface area (Å²) >= 11 is 5.24. The smallest absolute Gasteiger partial charge is 0.323 e. The lowest BCUT2D eigenvalue weighted by Gasteiger charge is -2.17. The first-order valence-electron chi connectivity index (χ1n) is 3.54. The highest BCUT2D eigenvalue weighted by molar-refractivity contribution is 6.27. The van der Waals surface area contributed by atoms with Crippen LogP contribution in [0, 0.1) is 11.3 Å². The van der Waals surface area contributed by atoms with E-state index in [0.29, 0.717) is 0 Å². The van der Waals surface area contributed by atoms with Crippen molar-refractivity contribution in [3.63, 3.8) is 0 Å². The second-order valence-electron chi connectivity index (χ2n) is 2.25. The molecule has 0 aliphatic heterocycles. The largest absolute Gasteiger partial charge is 0.480 e. The molecule has 5 nitrogen and oxygen atoms in total. The van der Waals surface area contributed by atoms with Crippen LogP contribution in [0.2, 0.25) is 0 Å². The highest BCUT2D eigenvalue weighted by Gasteiger charge is 2.14. The molecule has 0 unspecified atom stereocenters. The van der Waals surface area contributed by atoms with Crippen LogP contribution in [0.25, 0.3) is 0 Å². The van der Waals surface area contributed by atoms with E-state index < -0.39 is 18.4 Å². The summed E-state index contributed by atoms with van der Waals surface area (Å²) in [5, 5.41) is 16.6. The summed E-state index contributed by atoms with van der Waals surface area (Å²) in [4.78, 5) is 22.3. The molecule has 6 heteroatoms. The van der Waals surface area contributed by atoms with Gasteiger partial charge in [-0.15, -0.1) is 11.6 Å². The molecular weight excluding hydrogens is 196 g/mol. The van der Waals surface area contributed by atoms with E-state index in [1.165, 1.54) is 0 Å². The molecule has 0 spiro atoms. The van der Waals surface area contributed by atoms with E-state index in [0.717, 1.165) is 4.90 Å². The first kappa shape index (κ1) is 11.7. The number of carboxylic acid groups (broad SMARTS) is 1. The summed E-state index contributed by atoms with van der Waals surface area (Å²) in [5.74, 6) is -1.85. The summed E-state index contributed by atoms with van der Waals surface area (Å²) in [7, 11) is 0. The van der Waals surface area contributed by atoms with Gasteiger partial charge in [-0.05, 0) is 0 Å². The summed E-state index contributed by atoms with van der Waals surface area (Å²) in [5.41, 5.74) is 0. The average Bonchev–Trinajstić information content (AvgIpc) is 2.10. The van der Waals surface area contributed by atoms with Crippen molar-refractivity contribution < 1.29 is 14.7 Å². The van der Waals surface area contributed by atoms with Gasteiger partial charge in [-0.2, -0.15) is 5.26 Å². The van der Waals surface area contributed by atoms with Gasteiger partial charge < -0.3 is 10.0 Å². The van der Waals surface area contributed by atoms with Crippen molar-refractivity contribution >= 4 is 23.5 Å². The first-order chi connectivity index (χ1) is 6.11. The van der Waals surface area contributed by atoms with Crippen LogP contribution >= 0.6 is 11.6 Å². The molecule has 0 saturated carbocycles. The van der Waals surface area contributed by atoms with Gasteiger partial charge in [-0.1, -0.05) is 0 Å². The summed E-state index contributed by atoms with van der Waals surface area (Å²) in [6.45, 7) is -0.304. The number of rotatable bonds is 5. The maximum Gasteiger partial charge on any atom is 0.323 e. The van der Waals surface area contributed by atoms with Crippen LogP contribution in [0.3, 0.4) is 0 Å². The number of hydrogen-bond donors (Lipinski definition) is 1. The molecule has 0 rings (SSSR count). The molecule has 1 N–H and O–H groups in total. The Bertz CT molecular complexity index is 236. The van der Waals surface area contributed by atoms with Crippen molar-refractivity contribution in [3.05, 3.63) is 0 Å². The van der Waals surface area contributed by atoms with Crippen molar-refractivity contribution in [2.75, 3.05) is 19.0 Å². The molecule has 0 radical (unpaired) electrons. The fraction of sp³-hybridized carbons (Fsp3) is 0.571. The van der Waals surface area contributed by atoms with Crippen LogP contribution < -0.4 is 0 Å². The van der Waals surface area contributed by atoms with Gasteiger partial charge in [-0.25, -0.2) is 0 Å². The number of nitrogens with zero attached hydrogens (tertiary/aromatic N) is 2. The molecule has 0 aromatic rings. The first-order valence-corrected chi connectivity index (χ1v) is 4.07. The number of carboxylic acids is 1. The average molecular weight is 205 g/mol. The fourth-order valence-corrected chi connectivity index (χ4v) is 0.894. The topological polar surface area (TPSA) is 81.4 Å². The third kappa shape index (κ3) is 5.04. The highest BCUT2D eigenvalue weighted by atomic mass is 35.5. The minimum absolute atomic E-state index is 0.106. The van der Waals surface area contributed by atoms with Crippen LogP contribution in [0.1, 0.15) is 6.42 Å². The molecule has 0 saturated heterocycles. The van der Waals surface area contributed by atoms with Gasteiger partial charge in [0.15, 0.2) is 0 Å². The molecule has 0 fully saturated rings. The quantitative estimate of drug-likeness (QED) is 0.642. The van der Waals surface area contributed by atoms with Gasteiger partial charge in [0.1, 0.15) is 12.4 Å². The molecule has 1 amide bonds. The summed E-state index contributed by atoms with van der Waals surface area (Å²) < 4.78 is 0. The number of carbonyl (C=O) groups excluding carboxylic acids is 1. The van der Waals surface area contributed by atoms with Crippen LogP contribution in [0.15, 0.2) is 0 Å². The van der Waals surface area contributed by atoms with Gasteiger partial charge in [0.05, 0.1) is 12.5 Å². The Labute approximate surface area is 80.5 Å². The molecular formula is C7H9ClN2O3. The van der Waals surface area contributed by atoms with Crippen LogP contribution in [-0.2, 0) is 9.59 Å². The van der Waals surface area contributed by atoms with Crippen molar-refractivity contribution in [1.29, 1.82) is 5.26 Å². The maximum absolute atomic E-state index is 11.0. The Morgan fingerprint density at radius 2 is 2.15 bits per heavy atom. The molecule has 0 aliphatic rings. The zero-order chi connectivity index (χ0) is 10.3. The number of alkyl halides is 1. The van der Waals surface area contributed by atoms with E-state index in [1.54, 1.807) is 0 Å². The van der Waals surface area contributed by atoms with Crippen molar-refractivity contribution in [2.24, 2.45) is 0 Å². The molecule has 0 aliphatic carbocycles. The minimum atomic E-state index is -1.11. The number of halogens is 1. The fourth-order valence-electron chi connectivity index (χ4n) is 0.725. The Morgan fingerprint density at radius 1 is 1.54 bits per heavy atom. The molecule has 0 aromatic carbocycles. The Hall–Kier alpha value is -1.28. The number of amides is 1. The lowest BCUT2D eigenvalue weighted by Crippen LogP contribution is -2.37. The van der Waals surface area contributed by atoms with Crippen molar-refractivity contribution in [2.45, 2.75) is 6.42 Å². The summed E-state index contributed by atoms with van der Waals surface area (Å²) in [6.07, 6.45) is 0.107. The normalized spacial score (nSPS) is 8.92. The third-order valence-electron chi connectivity index (χ3n) is 1.29. The lowest BCUT2D eigenvalue weighted by atomic mass is 10.4. The molecule has 13 heavy (non-hydrogen) atoms. The Balaban J connectivity index is 4.11. The van der Waals surface area contributed by atoms with Crippen LogP contribution in [-0.4, -0.2) is 40.9 Å². The van der Waals surface area contributed by atoms with E-state index in [1.807, 2.05) is 6.07 Å². The highest BCUT2D eigenvalue weighted by Crippen LogP contribution is 1.94. The van der Waals surface area contributed by atoms with E-state index in [9.17, 15) is 9.59 Å². The third-order valence-corrected chi connectivity index (χ3v) is 1.52. The standard InChI is InChI=1S/C7H9ClN2O3/c8-4-6(11)10(3-1-2-9)5-7(12)13/h1,3-5H2,(H,12,13). The van der Waals surface area contributed by atoms with Gasteiger partial charge in [0.2, 0.25) is 5.91 Å². The zero-order valence-corrected chi connectivity index (χ0v) is 7.62. The Kier molecular flexibility index (Phi) is 5.64. The molecule has 0 bridgehead atoms. The van der Waals surface area contributed by atoms with E-state index >= 15 is 0 Å². The maximum atomic E-state index is 11.0. The minimum Gasteiger partial charge on any atom is -0.480 e.